The van der Waals surface area contributed by atoms with E-state index >= 15 is 0 Å². The Kier molecular flexibility index (Phi) is 7.02. The number of benzene rings is 2. The number of carbonyl (C=O) groups excluding carboxylic acids is 1. The van der Waals surface area contributed by atoms with Crippen molar-refractivity contribution in [3.8, 4) is 5.75 Å². The number of sulfonamides is 1. The summed E-state index contributed by atoms with van der Waals surface area (Å²) in [4.78, 5) is 15.6. The van der Waals surface area contributed by atoms with Gasteiger partial charge in [0.25, 0.3) is 15.9 Å². The molecule has 2 aromatic carbocycles. The normalized spacial score (nSPS) is 12.3. The maximum atomic E-state index is 13.1. The minimum absolute atomic E-state index is 0.0856. The Morgan fingerprint density at radius 2 is 1.87 bits per heavy atom. The Morgan fingerprint density at radius 1 is 1.16 bits per heavy atom. The van der Waals surface area contributed by atoms with Crippen LogP contribution in [0.1, 0.15) is 40.7 Å². The number of carbonyl (C=O) groups is 1. The number of ether oxygens (including phenoxy) is 1. The molecule has 6 nitrogen and oxygen atoms in total. The minimum atomic E-state index is -3.96. The number of aryl methyl sites for hydroxylation is 1. The number of nitrogens with one attached hydrogen (secondary N) is 1. The SMILES string of the molecule is CCc1ccc(NS(=O)(=O)c2cc(C(=O)N(C)C(C)c3cccs3)ccc2OC)cc1. The number of hydrogen-bond donors (Lipinski definition) is 1. The average Bonchev–Trinajstić information content (AvgIpc) is 3.32. The third-order valence-corrected chi connectivity index (χ3v) is 7.62. The van der Waals surface area contributed by atoms with Crippen LogP contribution in [-0.2, 0) is 16.4 Å². The van der Waals surface area contributed by atoms with Gasteiger partial charge in [0.1, 0.15) is 10.6 Å². The van der Waals surface area contributed by atoms with Crippen molar-refractivity contribution >= 4 is 33.0 Å². The quantitative estimate of drug-likeness (QED) is 0.518. The van der Waals surface area contributed by atoms with Gasteiger partial charge in [0, 0.05) is 23.2 Å². The zero-order valence-electron chi connectivity index (χ0n) is 18.0. The molecule has 1 amide bonds. The molecule has 1 heterocycles. The molecule has 0 saturated heterocycles. The number of thiophene rings is 1. The molecule has 31 heavy (non-hydrogen) atoms. The van der Waals surface area contributed by atoms with Crippen LogP contribution in [0.3, 0.4) is 0 Å². The summed E-state index contributed by atoms with van der Waals surface area (Å²) in [5.74, 6) is -0.101. The fourth-order valence-electron chi connectivity index (χ4n) is 3.14. The number of anilines is 1. The van der Waals surface area contributed by atoms with E-state index in [0.717, 1.165) is 16.9 Å². The smallest absolute Gasteiger partial charge is 0.265 e. The van der Waals surface area contributed by atoms with Gasteiger partial charge in [-0.25, -0.2) is 8.42 Å². The van der Waals surface area contributed by atoms with Crippen molar-refractivity contribution < 1.29 is 17.9 Å². The van der Waals surface area contributed by atoms with Crippen molar-refractivity contribution in [2.45, 2.75) is 31.2 Å². The van der Waals surface area contributed by atoms with Crippen LogP contribution in [0.5, 0.6) is 5.75 Å². The first-order chi connectivity index (χ1) is 14.8. The van der Waals surface area contributed by atoms with E-state index in [1.165, 1.54) is 19.2 Å². The lowest BCUT2D eigenvalue weighted by molar-refractivity contribution is 0.0744. The molecule has 0 saturated carbocycles. The van der Waals surface area contributed by atoms with Gasteiger partial charge in [-0.1, -0.05) is 25.1 Å². The highest BCUT2D eigenvalue weighted by molar-refractivity contribution is 7.92. The topological polar surface area (TPSA) is 75.7 Å². The molecule has 1 N–H and O–H groups in total. The monoisotopic (exact) mass is 458 g/mol. The molecule has 1 unspecified atom stereocenters. The third-order valence-electron chi connectivity index (χ3n) is 5.17. The van der Waals surface area contributed by atoms with Gasteiger partial charge in [-0.05, 0) is 60.7 Å². The molecular formula is C23H26N2O4S2. The summed E-state index contributed by atoms with van der Waals surface area (Å²) >= 11 is 1.57. The van der Waals surface area contributed by atoms with E-state index in [2.05, 4.69) is 4.72 Å². The summed E-state index contributed by atoms with van der Waals surface area (Å²) in [6.07, 6.45) is 0.864. The Labute approximate surface area is 187 Å². The van der Waals surface area contributed by atoms with Crippen molar-refractivity contribution in [1.82, 2.24) is 4.90 Å². The lowest BCUT2D eigenvalue weighted by Gasteiger charge is -2.24. The van der Waals surface area contributed by atoms with Crippen LogP contribution in [0.4, 0.5) is 5.69 Å². The molecule has 0 fully saturated rings. The molecule has 0 aliphatic heterocycles. The van der Waals surface area contributed by atoms with Crippen LogP contribution in [-0.4, -0.2) is 33.4 Å². The summed E-state index contributed by atoms with van der Waals surface area (Å²) < 4.78 is 34.0. The minimum Gasteiger partial charge on any atom is -0.495 e. The van der Waals surface area contributed by atoms with E-state index in [1.54, 1.807) is 41.5 Å². The molecule has 3 aromatic rings. The van der Waals surface area contributed by atoms with E-state index < -0.39 is 10.0 Å². The Morgan fingerprint density at radius 3 is 2.45 bits per heavy atom. The first-order valence-corrected chi connectivity index (χ1v) is 12.2. The predicted octanol–water partition coefficient (Wildman–Crippen LogP) is 4.95. The van der Waals surface area contributed by atoms with E-state index in [-0.39, 0.29) is 28.2 Å². The Bertz CT molecular complexity index is 1140. The third kappa shape index (κ3) is 5.08. The molecule has 8 heteroatoms. The Hall–Kier alpha value is -2.84. The molecule has 0 bridgehead atoms. The van der Waals surface area contributed by atoms with Gasteiger partial charge >= 0.3 is 0 Å². The second kappa shape index (κ2) is 9.53. The molecule has 0 aliphatic rings. The van der Waals surface area contributed by atoms with Gasteiger partial charge in [-0.2, -0.15) is 0 Å². The second-order valence-electron chi connectivity index (χ2n) is 7.13. The molecule has 164 valence electrons. The van der Waals surface area contributed by atoms with Crippen LogP contribution in [0.25, 0.3) is 0 Å². The zero-order valence-corrected chi connectivity index (χ0v) is 19.6. The zero-order chi connectivity index (χ0) is 22.6. The second-order valence-corrected chi connectivity index (χ2v) is 9.76. The van der Waals surface area contributed by atoms with E-state index in [1.807, 2.05) is 43.5 Å². The predicted molar refractivity (Wildman–Crippen MR) is 124 cm³/mol. The molecule has 3 rings (SSSR count). The summed E-state index contributed by atoms with van der Waals surface area (Å²) in [6, 6.07) is 15.4. The van der Waals surface area contributed by atoms with Crippen molar-refractivity contribution in [3.63, 3.8) is 0 Å². The highest BCUT2D eigenvalue weighted by atomic mass is 32.2. The maximum Gasteiger partial charge on any atom is 0.265 e. The number of amides is 1. The molecule has 0 aliphatic carbocycles. The molecule has 0 radical (unpaired) electrons. The van der Waals surface area contributed by atoms with Crippen LogP contribution < -0.4 is 9.46 Å². The van der Waals surface area contributed by atoms with Gasteiger partial charge in [0.15, 0.2) is 0 Å². The van der Waals surface area contributed by atoms with Crippen LogP contribution in [0.15, 0.2) is 64.9 Å². The molecular weight excluding hydrogens is 432 g/mol. The van der Waals surface area contributed by atoms with Gasteiger partial charge in [-0.3, -0.25) is 9.52 Å². The Balaban J connectivity index is 1.91. The maximum absolute atomic E-state index is 13.1. The van der Waals surface area contributed by atoms with Gasteiger partial charge in [-0.15, -0.1) is 11.3 Å². The number of nitrogens with zero attached hydrogens (tertiary/aromatic N) is 1. The van der Waals surface area contributed by atoms with Crippen molar-refractivity contribution in [2.75, 3.05) is 18.9 Å². The summed E-state index contributed by atoms with van der Waals surface area (Å²) in [5.41, 5.74) is 1.82. The van der Waals surface area contributed by atoms with E-state index in [0.29, 0.717) is 5.69 Å². The molecule has 1 aromatic heterocycles. The van der Waals surface area contributed by atoms with Crippen molar-refractivity contribution in [2.24, 2.45) is 0 Å². The highest BCUT2D eigenvalue weighted by Crippen LogP contribution is 2.29. The first kappa shape index (κ1) is 22.8. The lowest BCUT2D eigenvalue weighted by Crippen LogP contribution is -2.29. The van der Waals surface area contributed by atoms with Crippen LogP contribution in [0, 0.1) is 0 Å². The van der Waals surface area contributed by atoms with E-state index in [9.17, 15) is 13.2 Å². The van der Waals surface area contributed by atoms with Crippen molar-refractivity contribution in [1.29, 1.82) is 0 Å². The summed E-state index contributed by atoms with van der Waals surface area (Å²) in [5, 5.41) is 1.96. The highest BCUT2D eigenvalue weighted by Gasteiger charge is 2.25. The molecule has 0 spiro atoms. The standard InChI is InChI=1S/C23H26N2O4S2/c1-5-17-8-11-19(12-9-17)24-31(27,28)22-15-18(10-13-20(22)29-4)23(26)25(3)16(2)21-7-6-14-30-21/h6-16,24H,5H2,1-4H3. The first-order valence-electron chi connectivity index (χ1n) is 9.87. The summed E-state index contributed by atoms with van der Waals surface area (Å²) in [7, 11) is -0.858. The average molecular weight is 459 g/mol. The number of rotatable bonds is 8. The van der Waals surface area contributed by atoms with E-state index in [4.69, 9.17) is 4.74 Å². The van der Waals surface area contributed by atoms with Crippen LogP contribution >= 0.6 is 11.3 Å². The van der Waals surface area contributed by atoms with Gasteiger partial charge in [0.05, 0.1) is 13.2 Å². The lowest BCUT2D eigenvalue weighted by atomic mass is 10.1. The fourth-order valence-corrected chi connectivity index (χ4v) is 5.22. The number of hydrogen-bond acceptors (Lipinski definition) is 5. The molecule has 1 atom stereocenters. The van der Waals surface area contributed by atoms with Crippen molar-refractivity contribution in [3.05, 3.63) is 76.0 Å². The van der Waals surface area contributed by atoms with Crippen LogP contribution in [0.2, 0.25) is 0 Å². The van der Waals surface area contributed by atoms with Gasteiger partial charge in [0.2, 0.25) is 0 Å². The largest absolute Gasteiger partial charge is 0.495 e. The fraction of sp³-hybridized carbons (Fsp3) is 0.261. The summed E-state index contributed by atoms with van der Waals surface area (Å²) in [6.45, 7) is 3.97. The number of methoxy groups -OCH3 is 1. The van der Waals surface area contributed by atoms with Gasteiger partial charge < -0.3 is 9.64 Å².